The number of hydrogen-bond donors (Lipinski definition) is 4. The lowest BCUT2D eigenvalue weighted by atomic mass is 9.88. The molecule has 1 atom stereocenters. The van der Waals surface area contributed by atoms with Crippen LogP contribution in [0.3, 0.4) is 0 Å². The summed E-state index contributed by atoms with van der Waals surface area (Å²) in [5, 5.41) is 16.9. The lowest BCUT2D eigenvalue weighted by Crippen LogP contribution is -2.41. The first kappa shape index (κ1) is 24.0. The molecule has 5 N–H and O–H groups in total. The molecule has 0 aliphatic carbocycles. The van der Waals surface area contributed by atoms with Crippen LogP contribution < -0.4 is 16.4 Å². The Morgan fingerprint density at radius 3 is 2.19 bits per heavy atom. The second-order valence-electron chi connectivity index (χ2n) is 8.79. The van der Waals surface area contributed by atoms with Crippen LogP contribution in [0, 0.1) is 0 Å². The highest BCUT2D eigenvalue weighted by Crippen LogP contribution is 2.48. The maximum atomic E-state index is 13.4. The number of hydrogen-bond acceptors (Lipinski definition) is 5. The minimum atomic E-state index is -1.27. The summed E-state index contributed by atoms with van der Waals surface area (Å²) < 4.78 is 0. The molecule has 3 aromatic carbocycles. The van der Waals surface area contributed by atoms with Crippen molar-refractivity contribution in [2.45, 2.75) is 18.5 Å². The molecule has 2 heterocycles. The summed E-state index contributed by atoms with van der Waals surface area (Å²) in [7, 11) is 0. The topological polar surface area (TPSA) is 125 Å². The molecular formula is C26H22Cl2N4O4. The number of nitrogens with one attached hydrogen (secondary N) is 2. The van der Waals surface area contributed by atoms with Crippen molar-refractivity contribution >= 4 is 52.4 Å². The Kier molecular flexibility index (Phi) is 6.02. The van der Waals surface area contributed by atoms with E-state index in [1.165, 1.54) is 18.2 Å². The molecular weight excluding hydrogens is 503 g/mol. The van der Waals surface area contributed by atoms with Gasteiger partial charge in [0, 0.05) is 34.3 Å². The van der Waals surface area contributed by atoms with Crippen LogP contribution in [0.1, 0.15) is 55.0 Å². The van der Waals surface area contributed by atoms with E-state index < -0.39 is 17.5 Å². The Morgan fingerprint density at radius 2 is 1.56 bits per heavy atom. The van der Waals surface area contributed by atoms with Gasteiger partial charge in [0.1, 0.15) is 0 Å². The first-order valence-corrected chi connectivity index (χ1v) is 12.1. The minimum Gasteiger partial charge on any atom is -0.478 e. The van der Waals surface area contributed by atoms with Crippen molar-refractivity contribution in [3.05, 3.63) is 92.5 Å². The fourth-order valence-electron chi connectivity index (χ4n) is 4.85. The number of amides is 2. The van der Waals surface area contributed by atoms with Crippen molar-refractivity contribution in [3.8, 4) is 0 Å². The maximum Gasteiger partial charge on any atom is 0.335 e. The number of carbonyl (C=O) groups is 3. The first-order valence-electron chi connectivity index (χ1n) is 11.3. The van der Waals surface area contributed by atoms with Crippen LogP contribution in [0.4, 0.5) is 11.4 Å². The monoisotopic (exact) mass is 524 g/mol. The second kappa shape index (κ2) is 9.04. The number of halogens is 2. The summed E-state index contributed by atoms with van der Waals surface area (Å²) in [6.45, 7) is 1.20. The van der Waals surface area contributed by atoms with E-state index in [-0.39, 0.29) is 22.6 Å². The summed E-state index contributed by atoms with van der Waals surface area (Å²) in [6.07, 6.45) is 1.78. The van der Waals surface area contributed by atoms with Crippen molar-refractivity contribution in [3.63, 3.8) is 0 Å². The zero-order valence-corrected chi connectivity index (χ0v) is 20.5. The largest absolute Gasteiger partial charge is 0.478 e. The zero-order chi connectivity index (χ0) is 25.6. The first-order chi connectivity index (χ1) is 17.2. The SMILES string of the molecule is NC(=O)c1ccc(C2(c3c(Cl)cccc3Cl)Nc3ccc(C(=O)O)cc3N2)cc1C(=O)N1CCCC1. The molecule has 184 valence electrons. The third-order valence-electron chi connectivity index (χ3n) is 6.59. The molecule has 1 saturated heterocycles. The quantitative estimate of drug-likeness (QED) is 0.381. The molecule has 0 aromatic heterocycles. The van der Waals surface area contributed by atoms with E-state index in [9.17, 15) is 19.5 Å². The standard InChI is InChI=1S/C26H22Cl2N4O4/c27-18-4-3-5-19(28)22(18)26(30-20-9-6-14(25(35)36)12-21(20)31-26)15-7-8-16(23(29)33)17(13-15)24(34)32-10-1-2-11-32/h3-9,12-13,30-31H,1-2,10-11H2,(H2,29,33)(H,35,36). The van der Waals surface area contributed by atoms with Crippen molar-refractivity contribution in [2.24, 2.45) is 5.73 Å². The number of fused-ring (bicyclic) bond motifs is 1. The lowest BCUT2D eigenvalue weighted by Gasteiger charge is -2.34. The number of benzene rings is 3. The molecule has 10 heteroatoms. The molecule has 8 nitrogen and oxygen atoms in total. The number of anilines is 2. The van der Waals surface area contributed by atoms with Crippen molar-refractivity contribution in [2.75, 3.05) is 23.7 Å². The average molecular weight is 525 g/mol. The van der Waals surface area contributed by atoms with Gasteiger partial charge in [0.2, 0.25) is 5.91 Å². The Morgan fingerprint density at radius 1 is 0.889 bits per heavy atom. The average Bonchev–Trinajstić information content (AvgIpc) is 3.51. The summed E-state index contributed by atoms with van der Waals surface area (Å²) in [5.74, 6) is -2.07. The number of aromatic carboxylic acids is 1. The minimum absolute atomic E-state index is 0.0954. The predicted octanol–water partition coefficient (Wildman–Crippen LogP) is 4.77. The van der Waals surface area contributed by atoms with Gasteiger partial charge in [0.25, 0.3) is 5.91 Å². The molecule has 0 spiro atoms. The molecule has 2 aliphatic rings. The number of nitrogens with zero attached hydrogens (tertiary/aromatic N) is 1. The fraction of sp³-hybridized carbons (Fsp3) is 0.192. The van der Waals surface area contributed by atoms with Crippen LogP contribution in [0.2, 0.25) is 10.0 Å². The Labute approximate surface area is 217 Å². The molecule has 0 saturated carbocycles. The summed E-state index contributed by atoms with van der Waals surface area (Å²) in [5.41, 5.74) is 6.88. The summed E-state index contributed by atoms with van der Waals surface area (Å²) >= 11 is 13.3. The van der Waals surface area contributed by atoms with E-state index in [4.69, 9.17) is 28.9 Å². The number of carbonyl (C=O) groups excluding carboxylic acids is 2. The number of nitrogens with two attached hydrogens (primary N) is 1. The van der Waals surface area contributed by atoms with Crippen molar-refractivity contribution in [1.29, 1.82) is 0 Å². The van der Waals surface area contributed by atoms with Crippen LogP contribution in [-0.2, 0) is 5.66 Å². The molecule has 2 aliphatic heterocycles. The van der Waals surface area contributed by atoms with Gasteiger partial charge in [-0.05, 0) is 55.3 Å². The van der Waals surface area contributed by atoms with E-state index in [0.29, 0.717) is 45.6 Å². The van der Waals surface area contributed by atoms with Gasteiger partial charge in [-0.15, -0.1) is 0 Å². The van der Waals surface area contributed by atoms with Crippen LogP contribution in [0.25, 0.3) is 0 Å². The van der Waals surface area contributed by atoms with E-state index >= 15 is 0 Å². The van der Waals surface area contributed by atoms with Gasteiger partial charge >= 0.3 is 5.97 Å². The molecule has 1 unspecified atom stereocenters. The molecule has 36 heavy (non-hydrogen) atoms. The highest BCUT2D eigenvalue weighted by Gasteiger charge is 2.44. The van der Waals surface area contributed by atoms with Crippen LogP contribution in [-0.4, -0.2) is 40.9 Å². The van der Waals surface area contributed by atoms with Gasteiger partial charge in [-0.1, -0.05) is 35.3 Å². The van der Waals surface area contributed by atoms with E-state index in [2.05, 4.69) is 10.6 Å². The van der Waals surface area contributed by atoms with E-state index in [0.717, 1.165) is 12.8 Å². The number of rotatable bonds is 5. The fourth-order valence-corrected chi connectivity index (χ4v) is 5.54. The third kappa shape index (κ3) is 3.92. The van der Waals surface area contributed by atoms with Gasteiger partial charge in [-0.25, -0.2) is 4.79 Å². The summed E-state index contributed by atoms with van der Waals surface area (Å²) in [6, 6.07) is 14.5. The highest BCUT2D eigenvalue weighted by atomic mass is 35.5. The Hall–Kier alpha value is -3.75. The Bertz CT molecular complexity index is 1400. The molecule has 0 bridgehead atoms. The van der Waals surface area contributed by atoms with Gasteiger partial charge in [0.15, 0.2) is 5.66 Å². The van der Waals surface area contributed by atoms with Gasteiger partial charge < -0.3 is 26.4 Å². The smallest absolute Gasteiger partial charge is 0.335 e. The number of carboxylic acids is 1. The normalized spacial score (nSPS) is 18.3. The van der Waals surface area contributed by atoms with Crippen LogP contribution in [0.15, 0.2) is 54.6 Å². The molecule has 0 radical (unpaired) electrons. The lowest BCUT2D eigenvalue weighted by molar-refractivity contribution is 0.0696. The Balaban J connectivity index is 1.72. The molecule has 2 amide bonds. The highest BCUT2D eigenvalue weighted by molar-refractivity contribution is 6.36. The molecule has 5 rings (SSSR count). The third-order valence-corrected chi connectivity index (χ3v) is 7.22. The predicted molar refractivity (Wildman–Crippen MR) is 138 cm³/mol. The van der Waals surface area contributed by atoms with Crippen LogP contribution >= 0.6 is 23.2 Å². The van der Waals surface area contributed by atoms with E-state index in [1.54, 1.807) is 41.3 Å². The number of likely N-dealkylation sites (tertiary alicyclic amines) is 1. The second-order valence-corrected chi connectivity index (χ2v) is 9.60. The van der Waals surface area contributed by atoms with Gasteiger partial charge in [-0.3, -0.25) is 9.59 Å². The molecule has 3 aromatic rings. The van der Waals surface area contributed by atoms with Crippen LogP contribution in [0.5, 0.6) is 0 Å². The van der Waals surface area contributed by atoms with Gasteiger partial charge in [-0.2, -0.15) is 0 Å². The molecule has 1 fully saturated rings. The number of carboxylic acid groups (broad SMARTS) is 1. The van der Waals surface area contributed by atoms with Gasteiger partial charge in [0.05, 0.1) is 28.1 Å². The number of primary amides is 1. The summed E-state index contributed by atoms with van der Waals surface area (Å²) in [4.78, 5) is 38.9. The zero-order valence-electron chi connectivity index (χ0n) is 19.0. The van der Waals surface area contributed by atoms with E-state index in [1.807, 2.05) is 0 Å². The van der Waals surface area contributed by atoms with Crippen molar-refractivity contribution < 1.29 is 19.5 Å². The maximum absolute atomic E-state index is 13.4. The van der Waals surface area contributed by atoms with Crippen molar-refractivity contribution in [1.82, 2.24) is 4.90 Å².